The molecule has 0 aliphatic carbocycles. The zero-order chi connectivity index (χ0) is 17.3. The summed E-state index contributed by atoms with van der Waals surface area (Å²) in [6.07, 6.45) is 1.56. The molecule has 1 amide bonds. The molecule has 7 nitrogen and oxygen atoms in total. The Hall–Kier alpha value is -2.67. The molecule has 0 saturated heterocycles. The number of benzene rings is 1. The summed E-state index contributed by atoms with van der Waals surface area (Å²) >= 11 is 6.15. The van der Waals surface area contributed by atoms with Crippen LogP contribution in [0.1, 0.15) is 11.1 Å². The lowest BCUT2D eigenvalue weighted by atomic mass is 10.0. The lowest BCUT2D eigenvalue weighted by molar-refractivity contribution is -0.116. The van der Waals surface area contributed by atoms with E-state index in [0.717, 1.165) is 0 Å². The highest BCUT2D eigenvalue weighted by Gasteiger charge is 2.25. The van der Waals surface area contributed by atoms with E-state index in [4.69, 9.17) is 21.1 Å². The topological polar surface area (TPSA) is 76.9 Å². The van der Waals surface area contributed by atoms with Crippen molar-refractivity contribution in [2.24, 2.45) is 4.99 Å². The molecule has 2 heterocycles. The number of hydrogen-bond donors (Lipinski definition) is 0. The van der Waals surface area contributed by atoms with Crippen LogP contribution in [0.25, 0.3) is 0 Å². The predicted octanol–water partition coefficient (Wildman–Crippen LogP) is 1.96. The Morgan fingerprint density at radius 3 is 2.71 bits per heavy atom. The maximum Gasteiger partial charge on any atom is 0.319 e. The van der Waals surface area contributed by atoms with Gasteiger partial charge in [0.2, 0.25) is 11.8 Å². The number of nitrogens with zero attached hydrogens (tertiary/aromatic N) is 4. The van der Waals surface area contributed by atoms with Gasteiger partial charge < -0.3 is 14.4 Å². The average Bonchev–Trinajstić information content (AvgIpc) is 2.72. The van der Waals surface area contributed by atoms with Crippen LogP contribution >= 0.6 is 11.6 Å². The third kappa shape index (κ3) is 2.78. The first kappa shape index (κ1) is 16.2. The number of carbonyl (C=O) groups is 1. The summed E-state index contributed by atoms with van der Waals surface area (Å²) in [4.78, 5) is 26.5. The molecular weight excluding hydrogens is 332 g/mol. The Morgan fingerprint density at radius 1 is 1.21 bits per heavy atom. The molecule has 0 unspecified atom stereocenters. The van der Waals surface area contributed by atoms with Gasteiger partial charge in [0.25, 0.3) is 0 Å². The Bertz CT molecular complexity index is 838. The smallest absolute Gasteiger partial charge is 0.319 e. The SMILES string of the molecule is COc1ncc(C2=NCC(=O)N(C)c3ccc(Cl)cc32)c(OC)n1. The fraction of sp³-hybridized carbons (Fsp3) is 0.250. The molecule has 24 heavy (non-hydrogen) atoms. The predicted molar refractivity (Wildman–Crippen MR) is 90.5 cm³/mol. The van der Waals surface area contributed by atoms with Crippen LogP contribution in [0.5, 0.6) is 11.9 Å². The van der Waals surface area contributed by atoms with E-state index in [1.54, 1.807) is 36.3 Å². The van der Waals surface area contributed by atoms with Crippen LogP contribution in [-0.4, -0.2) is 49.4 Å². The molecule has 8 heteroatoms. The molecule has 0 atom stereocenters. The normalized spacial score (nSPS) is 13.9. The van der Waals surface area contributed by atoms with Crippen LogP contribution in [-0.2, 0) is 4.79 Å². The van der Waals surface area contributed by atoms with Crippen molar-refractivity contribution in [1.29, 1.82) is 0 Å². The van der Waals surface area contributed by atoms with Gasteiger partial charge in [0.1, 0.15) is 6.54 Å². The van der Waals surface area contributed by atoms with Crippen molar-refractivity contribution in [2.45, 2.75) is 0 Å². The summed E-state index contributed by atoms with van der Waals surface area (Å²) in [7, 11) is 4.67. The van der Waals surface area contributed by atoms with E-state index in [9.17, 15) is 4.79 Å². The summed E-state index contributed by atoms with van der Waals surface area (Å²) in [6.45, 7) is 0.00726. The minimum absolute atomic E-state index is 0.00726. The van der Waals surface area contributed by atoms with Gasteiger partial charge in [-0.05, 0) is 18.2 Å². The van der Waals surface area contributed by atoms with E-state index in [1.807, 2.05) is 0 Å². The number of methoxy groups -OCH3 is 2. The van der Waals surface area contributed by atoms with Crippen LogP contribution in [0.3, 0.4) is 0 Å². The number of benzodiazepines with no additional fused rings is 1. The summed E-state index contributed by atoms with van der Waals surface area (Å²) in [6, 6.07) is 5.46. The van der Waals surface area contributed by atoms with Gasteiger partial charge in [0, 0.05) is 23.8 Å². The third-order valence-electron chi connectivity index (χ3n) is 3.68. The number of fused-ring (bicyclic) bond motifs is 1. The quantitative estimate of drug-likeness (QED) is 0.849. The van der Waals surface area contributed by atoms with E-state index in [2.05, 4.69) is 15.0 Å². The molecular formula is C16H15ClN4O3. The maximum absolute atomic E-state index is 12.2. The highest BCUT2D eigenvalue weighted by atomic mass is 35.5. The van der Waals surface area contributed by atoms with Gasteiger partial charge in [0.05, 0.1) is 31.2 Å². The number of ether oxygens (including phenoxy) is 2. The first-order valence-corrected chi connectivity index (χ1v) is 7.49. The van der Waals surface area contributed by atoms with Gasteiger partial charge in [-0.15, -0.1) is 0 Å². The van der Waals surface area contributed by atoms with Gasteiger partial charge in [-0.25, -0.2) is 4.98 Å². The average molecular weight is 347 g/mol. The molecule has 0 N–H and O–H groups in total. The van der Waals surface area contributed by atoms with Gasteiger partial charge in [-0.1, -0.05) is 11.6 Å². The number of hydrogen-bond acceptors (Lipinski definition) is 6. The number of aliphatic imine (C=N–C) groups is 1. The first-order chi connectivity index (χ1) is 11.5. The van der Waals surface area contributed by atoms with Gasteiger partial charge in [-0.2, -0.15) is 4.98 Å². The van der Waals surface area contributed by atoms with Crippen molar-refractivity contribution >= 4 is 28.9 Å². The van der Waals surface area contributed by atoms with E-state index < -0.39 is 0 Å². The molecule has 1 aromatic heterocycles. The fourth-order valence-electron chi connectivity index (χ4n) is 2.46. The zero-order valence-corrected chi connectivity index (χ0v) is 14.2. The molecule has 2 aromatic rings. The van der Waals surface area contributed by atoms with Crippen molar-refractivity contribution in [2.75, 3.05) is 32.7 Å². The highest BCUT2D eigenvalue weighted by molar-refractivity contribution is 6.32. The minimum atomic E-state index is -0.123. The molecule has 0 fully saturated rings. The number of amides is 1. The number of aromatic nitrogens is 2. The van der Waals surface area contributed by atoms with E-state index in [-0.39, 0.29) is 18.5 Å². The molecule has 1 aromatic carbocycles. The summed E-state index contributed by atoms with van der Waals surface area (Å²) < 4.78 is 10.4. The second-order valence-electron chi connectivity index (χ2n) is 5.06. The number of carbonyl (C=O) groups excluding carboxylic acids is 1. The lowest BCUT2D eigenvalue weighted by Gasteiger charge is -2.18. The second kappa shape index (κ2) is 6.45. The fourth-order valence-corrected chi connectivity index (χ4v) is 2.63. The van der Waals surface area contributed by atoms with Crippen LogP contribution < -0.4 is 14.4 Å². The molecule has 0 radical (unpaired) electrons. The van der Waals surface area contributed by atoms with Crippen molar-refractivity contribution in [1.82, 2.24) is 9.97 Å². The van der Waals surface area contributed by atoms with Gasteiger partial charge in [-0.3, -0.25) is 9.79 Å². The monoisotopic (exact) mass is 346 g/mol. The molecule has 0 spiro atoms. The minimum Gasteiger partial charge on any atom is -0.480 e. The Morgan fingerprint density at radius 2 is 2.00 bits per heavy atom. The third-order valence-corrected chi connectivity index (χ3v) is 3.92. The molecule has 124 valence electrons. The van der Waals surface area contributed by atoms with Crippen LogP contribution in [0.4, 0.5) is 5.69 Å². The largest absolute Gasteiger partial charge is 0.480 e. The highest BCUT2D eigenvalue weighted by Crippen LogP contribution is 2.31. The Balaban J connectivity index is 2.23. The van der Waals surface area contributed by atoms with Crippen LogP contribution in [0.2, 0.25) is 5.02 Å². The number of rotatable bonds is 3. The Labute approximate surface area is 143 Å². The molecule has 1 aliphatic heterocycles. The summed E-state index contributed by atoms with van der Waals surface area (Å²) in [5, 5.41) is 0.539. The summed E-state index contributed by atoms with van der Waals surface area (Å²) in [5.41, 5.74) is 2.52. The van der Waals surface area contributed by atoms with Crippen molar-refractivity contribution in [3.8, 4) is 11.9 Å². The van der Waals surface area contributed by atoms with Gasteiger partial charge in [0.15, 0.2) is 0 Å². The maximum atomic E-state index is 12.2. The van der Waals surface area contributed by atoms with Crippen molar-refractivity contribution in [3.63, 3.8) is 0 Å². The van der Waals surface area contributed by atoms with E-state index in [0.29, 0.717) is 33.4 Å². The van der Waals surface area contributed by atoms with E-state index >= 15 is 0 Å². The second-order valence-corrected chi connectivity index (χ2v) is 5.50. The standard InChI is InChI=1S/C16H15ClN4O3/c1-21-12-5-4-9(17)6-10(12)14(18-8-13(21)22)11-7-19-16(24-3)20-15(11)23-2/h4-7H,8H2,1-3H3. The zero-order valence-electron chi connectivity index (χ0n) is 13.4. The van der Waals surface area contributed by atoms with E-state index in [1.165, 1.54) is 14.2 Å². The number of anilines is 1. The molecule has 3 rings (SSSR count). The summed E-state index contributed by atoms with van der Waals surface area (Å²) in [5.74, 6) is 0.186. The molecule has 1 aliphatic rings. The Kier molecular flexibility index (Phi) is 4.35. The van der Waals surface area contributed by atoms with Crippen LogP contribution in [0.15, 0.2) is 29.4 Å². The first-order valence-electron chi connectivity index (χ1n) is 7.11. The van der Waals surface area contributed by atoms with Crippen molar-refractivity contribution < 1.29 is 14.3 Å². The molecule has 0 saturated carbocycles. The van der Waals surface area contributed by atoms with Gasteiger partial charge >= 0.3 is 6.01 Å². The number of likely N-dealkylation sites (N-methyl/N-ethyl adjacent to an activating group) is 1. The number of halogens is 1. The van der Waals surface area contributed by atoms with Crippen LogP contribution in [0, 0.1) is 0 Å². The van der Waals surface area contributed by atoms with Crippen molar-refractivity contribution in [3.05, 3.63) is 40.5 Å². The lowest BCUT2D eigenvalue weighted by Crippen LogP contribution is -2.27. The molecule has 0 bridgehead atoms.